The molecular weight excluding hydrogens is 344 g/mol. The summed E-state index contributed by atoms with van der Waals surface area (Å²) in [4.78, 5) is 32.4. The summed E-state index contributed by atoms with van der Waals surface area (Å²) in [5, 5.41) is 2.62. The van der Waals surface area contributed by atoms with Crippen molar-refractivity contribution in [1.82, 2.24) is 14.8 Å². The third kappa shape index (κ3) is 5.27. The second kappa shape index (κ2) is 9.14. The fourth-order valence-corrected chi connectivity index (χ4v) is 3.02. The Morgan fingerprint density at radius 3 is 2.33 bits per heavy atom. The number of hydrogen-bond acceptors (Lipinski definition) is 5. The molecule has 1 fully saturated rings. The van der Waals surface area contributed by atoms with Crippen LogP contribution in [0.1, 0.15) is 22.8 Å². The number of carbonyl (C=O) groups is 2. The molecule has 1 aromatic heterocycles. The van der Waals surface area contributed by atoms with Gasteiger partial charge in [-0.25, -0.2) is 4.79 Å². The number of rotatable bonds is 5. The monoisotopic (exact) mass is 368 g/mol. The molecule has 27 heavy (non-hydrogen) atoms. The Labute approximate surface area is 158 Å². The van der Waals surface area contributed by atoms with Crippen molar-refractivity contribution in [3.8, 4) is 0 Å². The first-order chi connectivity index (χ1) is 13.2. The minimum absolute atomic E-state index is 0.0150. The lowest BCUT2D eigenvalue weighted by Crippen LogP contribution is -2.48. The number of amides is 2. The zero-order valence-electron chi connectivity index (χ0n) is 15.4. The summed E-state index contributed by atoms with van der Waals surface area (Å²) in [6.07, 6.45) is 3.10. The van der Waals surface area contributed by atoms with Gasteiger partial charge in [0.25, 0.3) is 5.91 Å². The van der Waals surface area contributed by atoms with Crippen molar-refractivity contribution in [1.29, 1.82) is 0 Å². The van der Waals surface area contributed by atoms with Gasteiger partial charge in [-0.3, -0.25) is 20.0 Å². The molecule has 2 amide bonds. The van der Waals surface area contributed by atoms with Crippen LogP contribution >= 0.6 is 0 Å². The van der Waals surface area contributed by atoms with E-state index in [-0.39, 0.29) is 5.91 Å². The van der Waals surface area contributed by atoms with Crippen LogP contribution in [0.2, 0.25) is 0 Å². The summed E-state index contributed by atoms with van der Waals surface area (Å²) in [5.41, 5.74) is 2.45. The van der Waals surface area contributed by atoms with Gasteiger partial charge in [0.1, 0.15) is 0 Å². The Kier molecular flexibility index (Phi) is 6.38. The van der Waals surface area contributed by atoms with E-state index in [9.17, 15) is 9.59 Å². The summed E-state index contributed by atoms with van der Waals surface area (Å²) in [5.74, 6) is 0.0150. The molecule has 7 heteroatoms. The molecule has 0 bridgehead atoms. The normalized spacial score (nSPS) is 14.6. The Morgan fingerprint density at radius 2 is 1.70 bits per heavy atom. The first-order valence-corrected chi connectivity index (χ1v) is 9.10. The highest BCUT2D eigenvalue weighted by molar-refractivity contribution is 5.95. The van der Waals surface area contributed by atoms with Crippen molar-refractivity contribution in [2.24, 2.45) is 0 Å². The number of aromatic nitrogens is 1. The van der Waals surface area contributed by atoms with Crippen LogP contribution in [0.25, 0.3) is 0 Å². The summed E-state index contributed by atoms with van der Waals surface area (Å²) in [6.45, 7) is 6.03. The lowest BCUT2D eigenvalue weighted by molar-refractivity contribution is 0.0628. The van der Waals surface area contributed by atoms with Crippen LogP contribution in [-0.2, 0) is 11.3 Å². The van der Waals surface area contributed by atoms with Crippen LogP contribution in [0, 0.1) is 0 Å². The van der Waals surface area contributed by atoms with Crippen molar-refractivity contribution in [3.05, 3.63) is 59.9 Å². The maximum Gasteiger partial charge on any atom is 0.411 e. The van der Waals surface area contributed by atoms with Gasteiger partial charge in [-0.1, -0.05) is 0 Å². The van der Waals surface area contributed by atoms with Gasteiger partial charge in [0.2, 0.25) is 0 Å². The smallest absolute Gasteiger partial charge is 0.411 e. The van der Waals surface area contributed by atoms with Crippen LogP contribution in [0.3, 0.4) is 0 Å². The second-order valence-electron chi connectivity index (χ2n) is 6.35. The molecule has 3 rings (SSSR count). The fourth-order valence-electron chi connectivity index (χ4n) is 3.02. The molecule has 7 nitrogen and oxygen atoms in total. The molecule has 1 aliphatic rings. The van der Waals surface area contributed by atoms with Gasteiger partial charge in [0.15, 0.2) is 0 Å². The highest BCUT2D eigenvalue weighted by atomic mass is 16.5. The lowest BCUT2D eigenvalue weighted by Gasteiger charge is -2.34. The van der Waals surface area contributed by atoms with E-state index in [0.717, 1.165) is 19.6 Å². The number of nitrogens with one attached hydrogen (secondary N) is 1. The number of piperazine rings is 1. The molecule has 0 atom stereocenters. The highest BCUT2D eigenvalue weighted by Gasteiger charge is 2.22. The molecule has 142 valence electrons. The number of hydrogen-bond donors (Lipinski definition) is 1. The quantitative estimate of drug-likeness (QED) is 0.878. The molecule has 0 unspecified atom stereocenters. The average Bonchev–Trinajstić information content (AvgIpc) is 2.70. The van der Waals surface area contributed by atoms with Gasteiger partial charge in [-0.15, -0.1) is 0 Å². The second-order valence-corrected chi connectivity index (χ2v) is 6.35. The van der Waals surface area contributed by atoms with E-state index in [1.165, 1.54) is 5.56 Å². The predicted octanol–water partition coefficient (Wildman–Crippen LogP) is 2.61. The number of nitrogens with zero attached hydrogens (tertiary/aromatic N) is 3. The van der Waals surface area contributed by atoms with Gasteiger partial charge in [0, 0.05) is 56.4 Å². The minimum Gasteiger partial charge on any atom is -0.450 e. The van der Waals surface area contributed by atoms with Crippen LogP contribution in [0.5, 0.6) is 0 Å². The van der Waals surface area contributed by atoms with E-state index in [0.29, 0.717) is 30.9 Å². The summed E-state index contributed by atoms with van der Waals surface area (Å²) < 4.78 is 4.84. The fraction of sp³-hybridized carbons (Fsp3) is 0.350. The zero-order valence-corrected chi connectivity index (χ0v) is 15.4. The molecule has 0 radical (unpaired) electrons. The standard InChI is InChI=1S/C20H24N4O3/c1-2-27-20(26)22-18-5-3-17(4-6-18)19(25)24-13-11-23(12-14-24)15-16-7-9-21-10-8-16/h3-10H,2,11-15H2,1H3,(H,22,26). The number of pyridine rings is 1. The SMILES string of the molecule is CCOC(=O)Nc1ccc(C(=O)N2CCN(Cc3ccncc3)CC2)cc1. The Bertz CT molecular complexity index is 757. The minimum atomic E-state index is -0.498. The third-order valence-electron chi connectivity index (χ3n) is 4.47. The largest absolute Gasteiger partial charge is 0.450 e. The maximum atomic E-state index is 12.7. The number of ether oxygens (including phenoxy) is 1. The van der Waals surface area contributed by atoms with Crippen LogP contribution < -0.4 is 5.32 Å². The Hall–Kier alpha value is -2.93. The summed E-state index contributed by atoms with van der Waals surface area (Å²) >= 11 is 0. The Balaban J connectivity index is 1.51. The molecule has 0 aliphatic carbocycles. The molecule has 2 aromatic rings. The van der Waals surface area contributed by atoms with Crippen molar-refractivity contribution >= 4 is 17.7 Å². The van der Waals surface area contributed by atoms with E-state index in [1.54, 1.807) is 43.6 Å². The number of carbonyl (C=O) groups excluding carboxylic acids is 2. The highest BCUT2D eigenvalue weighted by Crippen LogP contribution is 2.14. The Morgan fingerprint density at radius 1 is 1.04 bits per heavy atom. The lowest BCUT2D eigenvalue weighted by atomic mass is 10.1. The van der Waals surface area contributed by atoms with E-state index in [4.69, 9.17) is 4.74 Å². The molecular formula is C20H24N4O3. The molecule has 1 saturated heterocycles. The van der Waals surface area contributed by atoms with Gasteiger partial charge in [-0.2, -0.15) is 0 Å². The molecule has 1 aliphatic heterocycles. The van der Waals surface area contributed by atoms with Gasteiger partial charge in [-0.05, 0) is 48.9 Å². The van der Waals surface area contributed by atoms with Crippen LogP contribution in [0.4, 0.5) is 10.5 Å². The van der Waals surface area contributed by atoms with Gasteiger partial charge in [0.05, 0.1) is 6.61 Å². The third-order valence-corrected chi connectivity index (χ3v) is 4.47. The average molecular weight is 368 g/mol. The van der Waals surface area contributed by atoms with E-state index >= 15 is 0 Å². The molecule has 0 spiro atoms. The summed E-state index contributed by atoms with van der Waals surface area (Å²) in [6, 6.07) is 10.9. The zero-order chi connectivity index (χ0) is 19.1. The topological polar surface area (TPSA) is 74.8 Å². The van der Waals surface area contributed by atoms with E-state index < -0.39 is 6.09 Å². The van der Waals surface area contributed by atoms with Gasteiger partial charge < -0.3 is 9.64 Å². The number of benzene rings is 1. The maximum absolute atomic E-state index is 12.7. The molecule has 0 saturated carbocycles. The first kappa shape index (κ1) is 18.8. The van der Waals surface area contributed by atoms with Crippen LogP contribution in [0.15, 0.2) is 48.8 Å². The first-order valence-electron chi connectivity index (χ1n) is 9.10. The molecule has 2 heterocycles. The van der Waals surface area contributed by atoms with Crippen molar-refractivity contribution < 1.29 is 14.3 Å². The number of anilines is 1. The van der Waals surface area contributed by atoms with Gasteiger partial charge >= 0.3 is 6.09 Å². The molecule has 1 N–H and O–H groups in total. The van der Waals surface area contributed by atoms with E-state index in [2.05, 4.69) is 15.2 Å². The van der Waals surface area contributed by atoms with Crippen LogP contribution in [-0.4, -0.2) is 59.6 Å². The van der Waals surface area contributed by atoms with E-state index in [1.807, 2.05) is 17.0 Å². The summed E-state index contributed by atoms with van der Waals surface area (Å²) in [7, 11) is 0. The predicted molar refractivity (Wildman–Crippen MR) is 103 cm³/mol. The molecule has 1 aromatic carbocycles. The van der Waals surface area contributed by atoms with Crippen molar-refractivity contribution in [2.45, 2.75) is 13.5 Å². The van der Waals surface area contributed by atoms with Crippen molar-refractivity contribution in [2.75, 3.05) is 38.1 Å². The van der Waals surface area contributed by atoms with Crippen molar-refractivity contribution in [3.63, 3.8) is 0 Å².